The number of rotatable bonds is 2. The highest BCUT2D eigenvalue weighted by atomic mass is 35.5. The molecule has 0 fully saturated rings. The first-order valence-corrected chi connectivity index (χ1v) is 6.61. The van der Waals surface area contributed by atoms with Crippen LogP contribution in [0.4, 0.5) is 10.1 Å². The zero-order valence-corrected chi connectivity index (χ0v) is 12.0. The number of aromatic nitrogens is 4. The van der Waals surface area contributed by atoms with E-state index in [4.69, 9.17) is 28.9 Å². The van der Waals surface area contributed by atoms with Crippen molar-refractivity contribution >= 4 is 28.9 Å². The molecule has 3 rings (SSSR count). The van der Waals surface area contributed by atoms with E-state index >= 15 is 0 Å². The lowest BCUT2D eigenvalue weighted by atomic mass is 10.2. The fourth-order valence-electron chi connectivity index (χ4n) is 1.86. The minimum atomic E-state index is -0.556. The van der Waals surface area contributed by atoms with Gasteiger partial charge in [0.1, 0.15) is 5.82 Å². The third kappa shape index (κ3) is 2.55. The number of benzene rings is 2. The molecule has 106 valence electrons. The second kappa shape index (κ2) is 5.31. The molecular formula is C13H8Cl2FN5. The maximum absolute atomic E-state index is 13.6. The molecule has 0 unspecified atom stereocenters. The number of nitrogen functional groups attached to an aromatic ring is 1. The van der Waals surface area contributed by atoms with Gasteiger partial charge in [0.2, 0.25) is 0 Å². The standard InChI is InChI=1S/C13H8Cl2FN5/c14-10-4-2-8(6-12(10)16)21-13(18-19-20-21)9-3-1-7(17)5-11(9)15/h1-6H,17H2. The molecule has 0 bridgehead atoms. The van der Waals surface area contributed by atoms with Crippen molar-refractivity contribution < 1.29 is 4.39 Å². The van der Waals surface area contributed by atoms with Crippen LogP contribution in [0.2, 0.25) is 10.0 Å². The largest absolute Gasteiger partial charge is 0.399 e. The Bertz CT molecular complexity index is 818. The normalized spacial score (nSPS) is 10.8. The summed E-state index contributed by atoms with van der Waals surface area (Å²) >= 11 is 11.8. The van der Waals surface area contributed by atoms with Gasteiger partial charge in [0.15, 0.2) is 5.82 Å². The molecule has 5 nitrogen and oxygen atoms in total. The number of hydrogen-bond acceptors (Lipinski definition) is 4. The summed E-state index contributed by atoms with van der Waals surface area (Å²) in [6.45, 7) is 0. The topological polar surface area (TPSA) is 69.6 Å². The van der Waals surface area contributed by atoms with Crippen LogP contribution in [0, 0.1) is 5.82 Å². The van der Waals surface area contributed by atoms with Crippen molar-refractivity contribution in [2.24, 2.45) is 0 Å². The summed E-state index contributed by atoms with van der Waals surface area (Å²) in [6, 6.07) is 9.26. The smallest absolute Gasteiger partial charge is 0.188 e. The fourth-order valence-corrected chi connectivity index (χ4v) is 2.25. The predicted molar refractivity (Wildman–Crippen MR) is 79.0 cm³/mol. The minimum Gasteiger partial charge on any atom is -0.399 e. The third-order valence-electron chi connectivity index (χ3n) is 2.85. The highest BCUT2D eigenvalue weighted by molar-refractivity contribution is 6.33. The molecule has 0 saturated heterocycles. The molecule has 8 heteroatoms. The van der Waals surface area contributed by atoms with Gasteiger partial charge in [0.05, 0.1) is 15.7 Å². The Labute approximate surface area is 129 Å². The van der Waals surface area contributed by atoms with Crippen LogP contribution in [0.3, 0.4) is 0 Å². The molecule has 0 spiro atoms. The quantitative estimate of drug-likeness (QED) is 0.734. The lowest BCUT2D eigenvalue weighted by Crippen LogP contribution is -2.01. The summed E-state index contributed by atoms with van der Waals surface area (Å²) in [5.41, 5.74) is 7.21. The average molecular weight is 324 g/mol. The van der Waals surface area contributed by atoms with E-state index in [1.165, 1.54) is 16.8 Å². The summed E-state index contributed by atoms with van der Waals surface area (Å²) in [5, 5.41) is 11.8. The molecule has 0 amide bonds. The molecule has 0 aliphatic heterocycles. The van der Waals surface area contributed by atoms with Crippen molar-refractivity contribution in [1.82, 2.24) is 20.2 Å². The first kappa shape index (κ1) is 13.8. The van der Waals surface area contributed by atoms with Crippen molar-refractivity contribution in [1.29, 1.82) is 0 Å². The van der Waals surface area contributed by atoms with E-state index < -0.39 is 5.82 Å². The van der Waals surface area contributed by atoms with Crippen molar-refractivity contribution in [2.75, 3.05) is 5.73 Å². The van der Waals surface area contributed by atoms with Gasteiger partial charge in [-0.1, -0.05) is 23.2 Å². The van der Waals surface area contributed by atoms with Crippen molar-refractivity contribution in [3.63, 3.8) is 0 Å². The fraction of sp³-hybridized carbons (Fsp3) is 0. The summed E-state index contributed by atoms with van der Waals surface area (Å²) in [7, 11) is 0. The lowest BCUT2D eigenvalue weighted by molar-refractivity contribution is 0.625. The van der Waals surface area contributed by atoms with E-state index in [2.05, 4.69) is 15.5 Å². The van der Waals surface area contributed by atoms with Gasteiger partial charge in [-0.3, -0.25) is 0 Å². The van der Waals surface area contributed by atoms with E-state index in [1.807, 2.05) is 0 Å². The van der Waals surface area contributed by atoms with Crippen LogP contribution < -0.4 is 5.73 Å². The van der Waals surface area contributed by atoms with Gasteiger partial charge in [-0.15, -0.1) is 5.10 Å². The number of nitrogens with two attached hydrogens (primary N) is 1. The number of hydrogen-bond donors (Lipinski definition) is 1. The zero-order valence-electron chi connectivity index (χ0n) is 10.5. The van der Waals surface area contributed by atoms with Gasteiger partial charge in [0, 0.05) is 17.3 Å². The second-order valence-electron chi connectivity index (χ2n) is 4.25. The summed E-state index contributed by atoms with van der Waals surface area (Å²) < 4.78 is 15.0. The molecule has 21 heavy (non-hydrogen) atoms. The molecule has 0 aliphatic rings. The minimum absolute atomic E-state index is 0.0268. The second-order valence-corrected chi connectivity index (χ2v) is 5.07. The van der Waals surface area contributed by atoms with Gasteiger partial charge in [-0.05, 0) is 40.8 Å². The highest BCUT2D eigenvalue weighted by Crippen LogP contribution is 2.29. The van der Waals surface area contributed by atoms with Crippen molar-refractivity contribution in [3.8, 4) is 17.1 Å². The Morgan fingerprint density at radius 3 is 2.57 bits per heavy atom. The molecule has 3 aromatic rings. The highest BCUT2D eigenvalue weighted by Gasteiger charge is 2.15. The first-order chi connectivity index (χ1) is 10.1. The summed E-state index contributed by atoms with van der Waals surface area (Å²) in [4.78, 5) is 0. The number of nitrogens with zero attached hydrogens (tertiary/aromatic N) is 4. The number of halogens is 3. The maximum atomic E-state index is 13.6. The number of anilines is 1. The molecule has 0 aliphatic carbocycles. The molecular weight excluding hydrogens is 316 g/mol. The summed E-state index contributed by atoms with van der Waals surface area (Å²) in [5.74, 6) is -0.180. The molecule has 1 aromatic heterocycles. The van der Waals surface area contributed by atoms with E-state index in [0.717, 1.165) is 0 Å². The SMILES string of the molecule is Nc1ccc(-c2nnnn2-c2ccc(Cl)c(F)c2)c(Cl)c1. The van der Waals surface area contributed by atoms with Crippen molar-refractivity contribution in [2.45, 2.75) is 0 Å². The lowest BCUT2D eigenvalue weighted by Gasteiger charge is -2.07. The maximum Gasteiger partial charge on any atom is 0.188 e. The Morgan fingerprint density at radius 1 is 1.05 bits per heavy atom. The summed E-state index contributed by atoms with van der Waals surface area (Å²) in [6.07, 6.45) is 0. The predicted octanol–water partition coefficient (Wildman–Crippen LogP) is 3.36. The van der Waals surface area contributed by atoms with Crippen molar-refractivity contribution in [3.05, 3.63) is 52.3 Å². The van der Waals surface area contributed by atoms with Crippen LogP contribution in [-0.4, -0.2) is 20.2 Å². The van der Waals surface area contributed by atoms with E-state index in [-0.39, 0.29) is 5.02 Å². The van der Waals surface area contributed by atoms with E-state index in [9.17, 15) is 4.39 Å². The van der Waals surface area contributed by atoms with Crippen LogP contribution in [0.15, 0.2) is 36.4 Å². The Kier molecular flexibility index (Phi) is 3.48. The van der Waals surface area contributed by atoms with Crippen LogP contribution in [0.25, 0.3) is 17.1 Å². The first-order valence-electron chi connectivity index (χ1n) is 5.85. The van der Waals surface area contributed by atoms with Crippen LogP contribution in [-0.2, 0) is 0 Å². The van der Waals surface area contributed by atoms with Gasteiger partial charge in [-0.25, -0.2) is 4.39 Å². The Hall–Kier alpha value is -2.18. The van der Waals surface area contributed by atoms with Gasteiger partial charge in [0.25, 0.3) is 0 Å². The average Bonchev–Trinajstić information content (AvgIpc) is 2.91. The molecule has 0 atom stereocenters. The molecule has 2 N–H and O–H groups in total. The Morgan fingerprint density at radius 2 is 1.86 bits per heavy atom. The monoisotopic (exact) mass is 323 g/mol. The van der Waals surface area contributed by atoms with E-state index in [0.29, 0.717) is 27.8 Å². The van der Waals surface area contributed by atoms with Crippen LogP contribution >= 0.6 is 23.2 Å². The van der Waals surface area contributed by atoms with Crippen LogP contribution in [0.5, 0.6) is 0 Å². The Balaban J connectivity index is 2.14. The van der Waals surface area contributed by atoms with Gasteiger partial charge < -0.3 is 5.73 Å². The zero-order chi connectivity index (χ0) is 15.0. The van der Waals surface area contributed by atoms with Gasteiger partial charge in [-0.2, -0.15) is 4.68 Å². The van der Waals surface area contributed by atoms with E-state index in [1.54, 1.807) is 24.3 Å². The molecule has 0 radical (unpaired) electrons. The molecule has 1 heterocycles. The third-order valence-corrected chi connectivity index (χ3v) is 3.47. The van der Waals surface area contributed by atoms with Crippen LogP contribution in [0.1, 0.15) is 0 Å². The molecule has 2 aromatic carbocycles. The molecule has 0 saturated carbocycles. The number of tetrazole rings is 1. The van der Waals surface area contributed by atoms with Gasteiger partial charge >= 0.3 is 0 Å².